The molecular formula is C9H16N2O2. The highest BCUT2D eigenvalue weighted by molar-refractivity contribution is 6.05. The van der Waals surface area contributed by atoms with Crippen LogP contribution in [-0.4, -0.2) is 31.0 Å². The summed E-state index contributed by atoms with van der Waals surface area (Å²) in [6, 6.07) is -0.170. The van der Waals surface area contributed by atoms with Crippen molar-refractivity contribution >= 4 is 11.7 Å². The summed E-state index contributed by atoms with van der Waals surface area (Å²) >= 11 is 0. The number of amides is 1. The van der Waals surface area contributed by atoms with Gasteiger partial charge in [0.05, 0.1) is 6.61 Å². The van der Waals surface area contributed by atoms with Crippen LogP contribution < -0.4 is 5.32 Å². The number of carbonyl (C=O) groups excluding carboxylic acids is 1. The van der Waals surface area contributed by atoms with E-state index < -0.39 is 0 Å². The van der Waals surface area contributed by atoms with Gasteiger partial charge in [-0.3, -0.25) is 9.79 Å². The van der Waals surface area contributed by atoms with E-state index in [9.17, 15) is 4.79 Å². The van der Waals surface area contributed by atoms with E-state index in [1.54, 1.807) is 0 Å². The van der Waals surface area contributed by atoms with Crippen molar-refractivity contribution < 1.29 is 9.53 Å². The highest BCUT2D eigenvalue weighted by Gasteiger charge is 2.23. The van der Waals surface area contributed by atoms with Crippen molar-refractivity contribution in [3.05, 3.63) is 0 Å². The molecule has 13 heavy (non-hydrogen) atoms. The molecule has 1 atom stereocenters. The van der Waals surface area contributed by atoms with E-state index >= 15 is 0 Å². The molecule has 0 bridgehead atoms. The Balaban J connectivity index is 2.32. The van der Waals surface area contributed by atoms with Crippen LogP contribution in [0, 0.1) is 0 Å². The zero-order chi connectivity index (χ0) is 9.68. The summed E-state index contributed by atoms with van der Waals surface area (Å²) < 4.78 is 5.17. The number of hydrogen-bond acceptors (Lipinski definition) is 3. The lowest BCUT2D eigenvalue weighted by Crippen LogP contribution is -2.28. The van der Waals surface area contributed by atoms with Gasteiger partial charge in [0.2, 0.25) is 5.91 Å². The van der Waals surface area contributed by atoms with Gasteiger partial charge in [-0.05, 0) is 13.3 Å². The number of carbonyl (C=O) groups is 1. The van der Waals surface area contributed by atoms with Crippen LogP contribution in [0.5, 0.6) is 0 Å². The highest BCUT2D eigenvalue weighted by Crippen LogP contribution is 2.05. The first-order valence-corrected chi connectivity index (χ1v) is 4.73. The lowest BCUT2D eigenvalue weighted by atomic mass is 10.2. The Labute approximate surface area is 78.4 Å². The van der Waals surface area contributed by atoms with Crippen LogP contribution >= 0.6 is 0 Å². The molecule has 1 unspecified atom stereocenters. The molecule has 1 N–H and O–H groups in total. The third-order valence-electron chi connectivity index (χ3n) is 1.96. The predicted octanol–water partition coefficient (Wildman–Crippen LogP) is 0.720. The van der Waals surface area contributed by atoms with Gasteiger partial charge in [0.15, 0.2) is 0 Å². The van der Waals surface area contributed by atoms with Crippen molar-refractivity contribution in [2.24, 2.45) is 4.99 Å². The van der Waals surface area contributed by atoms with Crippen LogP contribution in [0.3, 0.4) is 0 Å². The summed E-state index contributed by atoms with van der Waals surface area (Å²) in [5.41, 5.74) is 0. The molecule has 0 aromatic rings. The Hall–Kier alpha value is -0.900. The number of nitrogens with one attached hydrogen (secondary N) is 1. The van der Waals surface area contributed by atoms with Crippen molar-refractivity contribution in [3.63, 3.8) is 0 Å². The number of aliphatic imine (C=N–C) groups is 1. The Morgan fingerprint density at radius 1 is 1.54 bits per heavy atom. The molecule has 1 aliphatic rings. The van der Waals surface area contributed by atoms with Crippen molar-refractivity contribution in [1.82, 2.24) is 5.32 Å². The molecule has 0 spiro atoms. The van der Waals surface area contributed by atoms with Gasteiger partial charge in [0.25, 0.3) is 0 Å². The number of rotatable bonds is 5. The van der Waals surface area contributed by atoms with Crippen molar-refractivity contribution in [2.45, 2.75) is 32.7 Å². The fourth-order valence-corrected chi connectivity index (χ4v) is 1.22. The predicted molar refractivity (Wildman–Crippen MR) is 50.8 cm³/mol. The first kappa shape index (κ1) is 10.2. The first-order chi connectivity index (χ1) is 6.27. The Bertz CT molecular complexity index is 214. The lowest BCUT2D eigenvalue weighted by molar-refractivity contribution is -0.120. The quantitative estimate of drug-likeness (QED) is 0.640. The fourth-order valence-electron chi connectivity index (χ4n) is 1.22. The van der Waals surface area contributed by atoms with Crippen LogP contribution in [-0.2, 0) is 9.53 Å². The largest absolute Gasteiger partial charge is 0.381 e. The number of ether oxygens (including phenoxy) is 1. The Kier molecular flexibility index (Phi) is 3.89. The zero-order valence-electron chi connectivity index (χ0n) is 8.17. The van der Waals surface area contributed by atoms with Crippen LogP contribution in [0.1, 0.15) is 26.7 Å². The molecule has 0 saturated carbocycles. The zero-order valence-corrected chi connectivity index (χ0v) is 8.17. The summed E-state index contributed by atoms with van der Waals surface area (Å²) in [5.74, 6) is 0.791. The molecule has 1 aliphatic heterocycles. The van der Waals surface area contributed by atoms with Gasteiger partial charge in [-0.1, -0.05) is 6.92 Å². The number of hydrogen-bond donors (Lipinski definition) is 1. The molecule has 0 fully saturated rings. The average molecular weight is 184 g/mol. The summed E-state index contributed by atoms with van der Waals surface area (Å²) in [4.78, 5) is 15.4. The van der Waals surface area contributed by atoms with Crippen molar-refractivity contribution in [2.75, 3.05) is 13.2 Å². The second-order valence-electron chi connectivity index (χ2n) is 2.94. The molecule has 1 amide bonds. The van der Waals surface area contributed by atoms with Crippen LogP contribution in [0.4, 0.5) is 0 Å². The van der Waals surface area contributed by atoms with Gasteiger partial charge in [-0.15, -0.1) is 0 Å². The third-order valence-corrected chi connectivity index (χ3v) is 1.96. The molecular weight excluding hydrogens is 168 g/mol. The molecule has 1 heterocycles. The molecule has 4 nitrogen and oxygen atoms in total. The summed E-state index contributed by atoms with van der Waals surface area (Å²) in [5, 5.41) is 2.74. The molecule has 4 heteroatoms. The lowest BCUT2D eigenvalue weighted by Gasteiger charge is -2.00. The van der Waals surface area contributed by atoms with Gasteiger partial charge < -0.3 is 10.1 Å². The minimum absolute atomic E-state index is 0.0222. The number of amidine groups is 1. The molecule has 0 saturated heterocycles. The topological polar surface area (TPSA) is 50.7 Å². The van der Waals surface area contributed by atoms with Gasteiger partial charge >= 0.3 is 0 Å². The van der Waals surface area contributed by atoms with Crippen LogP contribution in [0.2, 0.25) is 0 Å². The van der Waals surface area contributed by atoms with E-state index in [2.05, 4.69) is 10.3 Å². The number of nitrogens with zero attached hydrogens (tertiary/aromatic N) is 1. The molecule has 0 aliphatic carbocycles. The summed E-state index contributed by atoms with van der Waals surface area (Å²) in [6.07, 6.45) is 1.47. The molecule has 0 aromatic heterocycles. The van der Waals surface area contributed by atoms with Crippen LogP contribution in [0.15, 0.2) is 4.99 Å². The van der Waals surface area contributed by atoms with E-state index in [1.165, 1.54) is 0 Å². The molecule has 1 rings (SSSR count). The monoisotopic (exact) mass is 184 g/mol. The van der Waals surface area contributed by atoms with Gasteiger partial charge in [0.1, 0.15) is 11.9 Å². The van der Waals surface area contributed by atoms with Crippen molar-refractivity contribution in [3.8, 4) is 0 Å². The minimum Gasteiger partial charge on any atom is -0.381 e. The van der Waals surface area contributed by atoms with Crippen molar-refractivity contribution in [1.29, 1.82) is 0 Å². The molecule has 0 aromatic carbocycles. The Morgan fingerprint density at radius 2 is 2.31 bits per heavy atom. The van der Waals surface area contributed by atoms with Crippen LogP contribution in [0.25, 0.3) is 0 Å². The second-order valence-corrected chi connectivity index (χ2v) is 2.94. The smallest absolute Gasteiger partial charge is 0.250 e. The van der Waals surface area contributed by atoms with E-state index in [-0.39, 0.29) is 11.9 Å². The van der Waals surface area contributed by atoms with E-state index in [0.29, 0.717) is 19.6 Å². The van der Waals surface area contributed by atoms with E-state index in [1.807, 2.05) is 13.8 Å². The maximum Gasteiger partial charge on any atom is 0.250 e. The first-order valence-electron chi connectivity index (χ1n) is 4.73. The highest BCUT2D eigenvalue weighted by atomic mass is 16.5. The van der Waals surface area contributed by atoms with E-state index in [4.69, 9.17) is 4.74 Å². The average Bonchev–Trinajstić information content (AvgIpc) is 2.47. The van der Waals surface area contributed by atoms with Gasteiger partial charge in [-0.25, -0.2) is 0 Å². The second kappa shape index (κ2) is 4.97. The Morgan fingerprint density at radius 3 is 2.85 bits per heavy atom. The summed E-state index contributed by atoms with van der Waals surface area (Å²) in [7, 11) is 0. The molecule has 0 radical (unpaired) electrons. The summed E-state index contributed by atoms with van der Waals surface area (Å²) in [6.45, 7) is 5.24. The maximum atomic E-state index is 11.2. The van der Waals surface area contributed by atoms with Gasteiger partial charge in [-0.2, -0.15) is 0 Å². The standard InChI is InChI=1S/C9H16N2O2/c1-3-7-9(12)11-8(10-7)5-6-13-4-2/h7H,3-6H2,1-2H3,(H,10,11,12). The SMILES string of the molecule is CCOCCC1=NC(CC)C(=O)N1. The normalized spacial score (nSPS) is 21.5. The fraction of sp³-hybridized carbons (Fsp3) is 0.778. The van der Waals surface area contributed by atoms with Gasteiger partial charge in [0, 0.05) is 13.0 Å². The maximum absolute atomic E-state index is 11.2. The van der Waals surface area contributed by atoms with E-state index in [0.717, 1.165) is 12.3 Å². The minimum atomic E-state index is -0.170. The molecule has 74 valence electrons. The third kappa shape index (κ3) is 2.81.